The van der Waals surface area contributed by atoms with E-state index in [1.54, 1.807) is 50.4 Å². The number of fused-ring (bicyclic) bond motifs is 2. The minimum absolute atomic E-state index is 0.0803. The summed E-state index contributed by atoms with van der Waals surface area (Å²) in [5.74, 6) is -3.55. The Hall–Kier alpha value is -4.44. The van der Waals surface area contributed by atoms with E-state index in [1.807, 2.05) is 64.5 Å². The number of nitrogens with zero attached hydrogens (tertiary/aromatic N) is 5. The lowest BCUT2D eigenvalue weighted by Gasteiger charge is -2.36. The average Bonchev–Trinajstić information content (AvgIpc) is 3.98. The van der Waals surface area contributed by atoms with E-state index in [-0.39, 0.29) is 65.6 Å². The number of unbranched alkanes of at least 4 members (excludes halogenated alkanes) is 2. The second-order valence-electron chi connectivity index (χ2n) is 25.6. The van der Waals surface area contributed by atoms with Crippen LogP contribution >= 0.6 is 22.7 Å². The summed E-state index contributed by atoms with van der Waals surface area (Å²) in [5, 5.41) is 57.2. The van der Waals surface area contributed by atoms with Crippen molar-refractivity contribution in [1.82, 2.24) is 15.3 Å². The third-order valence-corrected chi connectivity index (χ3v) is 19.5. The van der Waals surface area contributed by atoms with Crippen LogP contribution in [0.3, 0.4) is 0 Å². The maximum atomic E-state index is 13.9. The highest BCUT2D eigenvalue weighted by molar-refractivity contribution is 7.09. The van der Waals surface area contributed by atoms with Crippen LogP contribution < -0.4 is 5.32 Å². The zero-order chi connectivity index (χ0) is 61.6. The van der Waals surface area contributed by atoms with Gasteiger partial charge in [-0.2, -0.15) is 0 Å². The molecule has 4 aliphatic rings. The predicted molar refractivity (Wildman–Crippen MR) is 321 cm³/mol. The molecule has 0 radical (unpaired) electrons. The maximum absolute atomic E-state index is 13.9. The van der Waals surface area contributed by atoms with E-state index in [4.69, 9.17) is 24.5 Å². The van der Waals surface area contributed by atoms with Crippen molar-refractivity contribution in [2.75, 3.05) is 13.1 Å². The Bertz CT molecular complexity index is 2630. The number of ketones is 2. The molecule has 19 nitrogen and oxygen atoms in total. The molecule has 6 rings (SSSR count). The van der Waals surface area contributed by atoms with Gasteiger partial charge in [0.15, 0.2) is 0 Å². The monoisotopic (exact) mass is 1200 g/mol. The van der Waals surface area contributed by atoms with Crippen LogP contribution in [0.25, 0.3) is 22.6 Å². The summed E-state index contributed by atoms with van der Waals surface area (Å²) in [4.78, 5) is 77.1. The molecule has 14 atom stereocenters. The fourth-order valence-corrected chi connectivity index (χ4v) is 12.8. The SMILES string of the molecule is C/C(=C\c1csc(C)n1)C1C[C@@H]2OC2(C)CCC[C@H](C)[C@H](O)[C@@H](CCCCN=[N+]=[N-])C(=O)C(C)(C)[C@@H](O)CC(=O)O1.CC(=O)NCCCC[C@H]1C(=O)C(C)(C)[C@@H](O)CC(=O)OC(/C(C)=C/c2csc(C)n2)C[C@@H]2OC2(C)CCC[C@H](C)[C@@H]1O. The number of carbonyl (C=O) groups is 5. The molecule has 4 unspecified atom stereocenters. The van der Waals surface area contributed by atoms with Gasteiger partial charge >= 0.3 is 11.9 Å². The first-order valence-corrected chi connectivity index (χ1v) is 31.7. The van der Waals surface area contributed by atoms with Gasteiger partial charge in [-0.15, -0.1) is 22.7 Å². The minimum Gasteiger partial charge on any atom is -0.458 e. The molecule has 0 bridgehead atoms. The molecule has 21 heteroatoms. The third kappa shape index (κ3) is 20.1. The van der Waals surface area contributed by atoms with Crippen molar-refractivity contribution in [2.24, 2.45) is 39.6 Å². The van der Waals surface area contributed by atoms with Crippen LogP contribution in [-0.2, 0) is 42.9 Å². The number of ether oxygens (including phenoxy) is 4. The van der Waals surface area contributed by atoms with Crippen LogP contribution in [0.1, 0.15) is 200 Å². The number of thiazole rings is 2. The standard InChI is InChI=1S/C32H50N2O7S.C30H46N4O6S/c1-19-11-10-13-32(7)27(41-32)16-25(20(2)15-23-18-42-22(4)34-23)40-28(37)17-26(36)31(5,6)30(39)24(29(19)38)12-8-9-14-33-21(3)35;1-18-10-9-12-30(6)25(40-30)15-23(19(2)14-21-17-41-20(3)33-21)39-26(36)16-24(35)29(4,5)28(38)22(27(18)37)11-7-8-13-32-34-31/h15,18-19,24-27,29,36,38H,8-14,16-17H2,1-7H3,(H,33,35);14,17-18,22-25,27,35,37H,7-13,15-16H2,1-6H3/b20-15+;19-14+/t19-,24+,25?,26-,27-,29-,32?;18-,22+,23?,24-,25-,27-,30?/m00/s1. The Morgan fingerprint density at radius 2 is 1.11 bits per heavy atom. The summed E-state index contributed by atoms with van der Waals surface area (Å²) in [5.41, 5.74) is 8.58. The summed E-state index contributed by atoms with van der Waals surface area (Å²) in [6, 6.07) is 0. The molecule has 0 aliphatic carbocycles. The van der Waals surface area contributed by atoms with Gasteiger partial charge in [0.25, 0.3) is 0 Å². The van der Waals surface area contributed by atoms with Crippen molar-refractivity contribution < 1.29 is 63.3 Å². The van der Waals surface area contributed by atoms with E-state index in [1.165, 1.54) is 6.92 Å². The molecule has 6 heterocycles. The van der Waals surface area contributed by atoms with Crippen molar-refractivity contribution in [3.63, 3.8) is 0 Å². The smallest absolute Gasteiger partial charge is 0.309 e. The molecular formula is C62H96N6O13S2. The number of carbonyl (C=O) groups excluding carboxylic acids is 5. The number of Topliss-reactive ketones (excluding diaryl/α,β-unsaturated/α-hetero) is 2. The van der Waals surface area contributed by atoms with Crippen LogP contribution in [0.5, 0.6) is 0 Å². The molecule has 4 fully saturated rings. The van der Waals surface area contributed by atoms with Crippen molar-refractivity contribution in [3.05, 3.63) is 53.8 Å². The summed E-state index contributed by atoms with van der Waals surface area (Å²) < 4.78 is 24.1. The van der Waals surface area contributed by atoms with Gasteiger partial charge in [0.05, 0.1) is 92.9 Å². The van der Waals surface area contributed by atoms with Crippen LogP contribution in [-0.4, -0.2) is 133 Å². The molecule has 2 aromatic heterocycles. The van der Waals surface area contributed by atoms with E-state index in [9.17, 15) is 44.4 Å². The Labute approximate surface area is 499 Å². The number of hydrogen-bond donors (Lipinski definition) is 5. The molecule has 1 amide bonds. The minimum atomic E-state index is -1.29. The third-order valence-electron chi connectivity index (χ3n) is 17.9. The topological polar surface area (TPSA) is 296 Å². The van der Waals surface area contributed by atoms with Crippen molar-refractivity contribution in [1.29, 1.82) is 0 Å². The highest BCUT2D eigenvalue weighted by atomic mass is 32.1. The number of aryl methyl sites for hydroxylation is 2. The van der Waals surface area contributed by atoms with Crippen molar-refractivity contribution in [3.8, 4) is 0 Å². The molecule has 83 heavy (non-hydrogen) atoms. The predicted octanol–water partition coefficient (Wildman–Crippen LogP) is 10.7. The Morgan fingerprint density at radius 3 is 1.48 bits per heavy atom. The number of amides is 1. The normalized spacial score (nSPS) is 33.2. The molecule has 5 N–H and O–H groups in total. The van der Waals surface area contributed by atoms with Gasteiger partial charge < -0.3 is 44.7 Å². The second-order valence-corrected chi connectivity index (χ2v) is 27.7. The number of hydrogen-bond acceptors (Lipinski definition) is 18. The Balaban J connectivity index is 0.000000304. The van der Waals surface area contributed by atoms with Crippen LogP contribution in [0.15, 0.2) is 27.0 Å². The average molecular weight is 1200 g/mol. The molecule has 4 aliphatic heterocycles. The van der Waals surface area contributed by atoms with Crippen molar-refractivity contribution >= 4 is 64.2 Å². The van der Waals surface area contributed by atoms with E-state index in [0.29, 0.717) is 64.5 Å². The number of epoxide rings is 2. The number of aromatic nitrogens is 2. The quantitative estimate of drug-likeness (QED) is 0.0293. The summed E-state index contributed by atoms with van der Waals surface area (Å²) in [6.45, 7) is 24.5. The largest absolute Gasteiger partial charge is 0.458 e. The molecule has 2 aromatic rings. The fourth-order valence-electron chi connectivity index (χ4n) is 11.7. The summed E-state index contributed by atoms with van der Waals surface area (Å²) in [6.07, 6.45) is 6.45. The lowest BCUT2D eigenvalue weighted by atomic mass is 9.71. The Kier molecular flexibility index (Phi) is 25.7. The van der Waals surface area contributed by atoms with E-state index in [2.05, 4.69) is 39.2 Å². The number of azide groups is 1. The first-order chi connectivity index (χ1) is 38.9. The van der Waals surface area contributed by atoms with Crippen LogP contribution in [0.4, 0.5) is 0 Å². The van der Waals surface area contributed by atoms with Gasteiger partial charge in [-0.05, 0) is 134 Å². The molecule has 0 spiro atoms. The first kappa shape index (κ1) is 69.3. The van der Waals surface area contributed by atoms with Gasteiger partial charge in [0.2, 0.25) is 5.91 Å². The van der Waals surface area contributed by atoms with E-state index < -0.39 is 71.2 Å². The van der Waals surface area contributed by atoms with E-state index in [0.717, 1.165) is 71.1 Å². The van der Waals surface area contributed by atoms with Crippen molar-refractivity contribution in [2.45, 2.75) is 253 Å². The van der Waals surface area contributed by atoms with Gasteiger partial charge in [0, 0.05) is 60.4 Å². The summed E-state index contributed by atoms with van der Waals surface area (Å²) in [7, 11) is 0. The number of aliphatic hydroxyl groups is 4. The van der Waals surface area contributed by atoms with Gasteiger partial charge in [0.1, 0.15) is 23.8 Å². The molecule has 0 saturated carbocycles. The highest BCUT2D eigenvalue weighted by Gasteiger charge is 2.54. The molecule has 464 valence electrons. The van der Waals surface area contributed by atoms with Crippen LogP contribution in [0.2, 0.25) is 0 Å². The molecule has 4 saturated heterocycles. The van der Waals surface area contributed by atoms with Crippen LogP contribution in [0, 0.1) is 48.3 Å². The van der Waals surface area contributed by atoms with Gasteiger partial charge in [-0.25, -0.2) is 9.97 Å². The fraction of sp³-hybridized carbons (Fsp3) is 0.758. The van der Waals surface area contributed by atoms with Gasteiger partial charge in [-0.1, -0.05) is 72.3 Å². The lowest BCUT2D eigenvalue weighted by molar-refractivity contribution is -0.156. The number of rotatable bonds is 14. The first-order valence-electron chi connectivity index (χ1n) is 29.9. The number of aliphatic hydroxyl groups excluding tert-OH is 4. The lowest BCUT2D eigenvalue weighted by Crippen LogP contribution is -2.46. The molecule has 0 aromatic carbocycles. The zero-order valence-electron chi connectivity index (χ0n) is 51.5. The Morgan fingerprint density at radius 1 is 0.699 bits per heavy atom. The molecular weight excluding hydrogens is 1100 g/mol. The highest BCUT2D eigenvalue weighted by Crippen LogP contribution is 2.47. The number of cyclic esters (lactones) is 2. The number of nitrogens with one attached hydrogen (secondary N) is 1. The zero-order valence-corrected chi connectivity index (χ0v) is 53.1. The van der Waals surface area contributed by atoms with E-state index >= 15 is 0 Å². The number of esters is 2. The summed E-state index contributed by atoms with van der Waals surface area (Å²) >= 11 is 3.10. The maximum Gasteiger partial charge on any atom is 0.309 e. The second kappa shape index (κ2) is 30.8. The van der Waals surface area contributed by atoms with Gasteiger partial charge in [-0.3, -0.25) is 24.0 Å².